The van der Waals surface area contributed by atoms with Gasteiger partial charge in [0.1, 0.15) is 5.82 Å². The molecule has 116 valence electrons. The first-order valence-electron chi connectivity index (χ1n) is 7.80. The Hall–Kier alpha value is -1.69. The average molecular weight is 319 g/mol. The van der Waals surface area contributed by atoms with Crippen LogP contribution in [-0.4, -0.2) is 30.0 Å². The molecule has 1 unspecified atom stereocenters. The summed E-state index contributed by atoms with van der Waals surface area (Å²) in [6.45, 7) is 1.62. The van der Waals surface area contributed by atoms with E-state index in [2.05, 4.69) is 15.2 Å². The summed E-state index contributed by atoms with van der Waals surface area (Å²) in [6.07, 6.45) is 4.17. The molecule has 0 radical (unpaired) electrons. The zero-order valence-electron chi connectivity index (χ0n) is 12.2. The number of halogens is 1. The Labute approximate surface area is 132 Å². The molecule has 22 heavy (non-hydrogen) atoms. The van der Waals surface area contributed by atoms with Crippen molar-refractivity contribution in [3.8, 4) is 0 Å². The normalized spacial score (nSPS) is 22.0. The Morgan fingerprint density at radius 1 is 1.36 bits per heavy atom. The Kier molecular flexibility index (Phi) is 3.48. The van der Waals surface area contributed by atoms with E-state index in [4.69, 9.17) is 0 Å². The number of piperidine rings is 1. The first-order valence-corrected chi connectivity index (χ1v) is 8.62. The van der Waals surface area contributed by atoms with Gasteiger partial charge >= 0.3 is 0 Å². The molecular formula is C16H18FN3OS. The number of carbonyl (C=O) groups excluding carboxylic acids is 1. The molecule has 1 atom stereocenters. The number of amides is 1. The summed E-state index contributed by atoms with van der Waals surface area (Å²) >= 11 is 1.50. The molecule has 2 aliphatic rings. The molecule has 2 fully saturated rings. The molecule has 0 spiro atoms. The molecule has 1 aliphatic carbocycles. The third-order valence-corrected chi connectivity index (χ3v) is 5.40. The van der Waals surface area contributed by atoms with Crippen LogP contribution in [0.25, 0.3) is 10.2 Å². The average Bonchev–Trinajstić information content (AvgIpc) is 3.23. The van der Waals surface area contributed by atoms with Gasteiger partial charge in [-0.15, -0.1) is 0 Å². The molecule has 4 nitrogen and oxygen atoms in total. The van der Waals surface area contributed by atoms with Crippen LogP contribution in [0, 0.1) is 11.7 Å². The quantitative estimate of drug-likeness (QED) is 0.946. The van der Waals surface area contributed by atoms with E-state index in [0.29, 0.717) is 12.6 Å². The Bertz CT molecular complexity index is 712. The van der Waals surface area contributed by atoms with Crippen molar-refractivity contribution in [3.05, 3.63) is 24.0 Å². The highest BCUT2D eigenvalue weighted by molar-refractivity contribution is 7.22. The highest BCUT2D eigenvalue weighted by Crippen LogP contribution is 2.32. The van der Waals surface area contributed by atoms with Gasteiger partial charge in [-0.25, -0.2) is 9.37 Å². The van der Waals surface area contributed by atoms with E-state index in [1.165, 1.54) is 23.5 Å². The second-order valence-corrected chi connectivity index (χ2v) is 7.19. The number of fused-ring (bicyclic) bond motifs is 1. The fourth-order valence-electron chi connectivity index (χ4n) is 2.93. The number of benzene rings is 1. The molecule has 6 heteroatoms. The molecule has 1 aromatic carbocycles. The van der Waals surface area contributed by atoms with Crippen LogP contribution < -0.4 is 10.2 Å². The van der Waals surface area contributed by atoms with Crippen LogP contribution in [0.15, 0.2) is 18.2 Å². The van der Waals surface area contributed by atoms with Gasteiger partial charge in [0.25, 0.3) is 0 Å². The van der Waals surface area contributed by atoms with Gasteiger partial charge in [0.2, 0.25) is 5.91 Å². The second-order valence-electron chi connectivity index (χ2n) is 6.18. The van der Waals surface area contributed by atoms with Gasteiger partial charge in [0.05, 0.1) is 16.1 Å². The third kappa shape index (κ3) is 2.79. The van der Waals surface area contributed by atoms with Crippen LogP contribution >= 0.6 is 11.3 Å². The summed E-state index contributed by atoms with van der Waals surface area (Å²) in [7, 11) is 0. The molecular weight excluding hydrogens is 301 g/mol. The predicted octanol–water partition coefficient (Wildman–Crippen LogP) is 2.93. The number of carbonyl (C=O) groups is 1. The fourth-order valence-corrected chi connectivity index (χ4v) is 3.96. The molecule has 2 aromatic rings. The van der Waals surface area contributed by atoms with Crippen molar-refractivity contribution in [3.63, 3.8) is 0 Å². The molecule has 1 amide bonds. The zero-order valence-corrected chi connectivity index (χ0v) is 13.0. The summed E-state index contributed by atoms with van der Waals surface area (Å²) in [5.41, 5.74) is 0.825. The third-order valence-electron chi connectivity index (χ3n) is 4.33. The van der Waals surface area contributed by atoms with Crippen molar-refractivity contribution in [1.82, 2.24) is 10.3 Å². The van der Waals surface area contributed by atoms with E-state index >= 15 is 0 Å². The minimum atomic E-state index is -0.233. The number of hydrogen-bond donors (Lipinski definition) is 1. The summed E-state index contributed by atoms with van der Waals surface area (Å²) in [4.78, 5) is 19.0. The Balaban J connectivity index is 1.51. The van der Waals surface area contributed by atoms with Gasteiger partial charge in [-0.05, 0) is 43.9 Å². The number of nitrogens with zero attached hydrogens (tertiary/aromatic N) is 2. The van der Waals surface area contributed by atoms with E-state index in [0.717, 1.165) is 47.6 Å². The lowest BCUT2D eigenvalue weighted by atomic mass is 9.97. The molecule has 0 bridgehead atoms. The minimum Gasteiger partial charge on any atom is -0.353 e. The summed E-state index contributed by atoms with van der Waals surface area (Å²) in [5, 5.41) is 3.99. The molecule has 1 aromatic heterocycles. The first-order chi connectivity index (χ1) is 10.7. The number of hydrogen-bond acceptors (Lipinski definition) is 4. The molecule has 1 N–H and O–H groups in total. The van der Waals surface area contributed by atoms with Gasteiger partial charge in [0.15, 0.2) is 5.13 Å². The second kappa shape index (κ2) is 5.50. The molecule has 1 saturated carbocycles. The van der Waals surface area contributed by atoms with Crippen LogP contribution in [0.3, 0.4) is 0 Å². The van der Waals surface area contributed by atoms with Crippen LogP contribution in [-0.2, 0) is 4.79 Å². The lowest BCUT2D eigenvalue weighted by Gasteiger charge is -2.31. The van der Waals surface area contributed by atoms with Crippen molar-refractivity contribution in [2.75, 3.05) is 18.0 Å². The lowest BCUT2D eigenvalue weighted by Crippen LogP contribution is -2.43. The Morgan fingerprint density at radius 2 is 2.23 bits per heavy atom. The highest BCUT2D eigenvalue weighted by atomic mass is 32.1. The van der Waals surface area contributed by atoms with Gasteiger partial charge in [0, 0.05) is 19.1 Å². The van der Waals surface area contributed by atoms with Crippen molar-refractivity contribution >= 4 is 32.6 Å². The number of thiazole rings is 1. The standard InChI is InChI=1S/C16H18FN3OS/c17-11-3-6-13-14(8-11)22-16(19-13)20-7-1-2-10(9-20)15(21)18-12-4-5-12/h3,6,8,10,12H,1-2,4-5,7,9H2,(H,18,21). The maximum atomic E-state index is 13.3. The van der Waals surface area contributed by atoms with Crippen LogP contribution in [0.2, 0.25) is 0 Å². The van der Waals surface area contributed by atoms with Gasteiger partial charge in [-0.1, -0.05) is 11.3 Å². The summed E-state index contributed by atoms with van der Waals surface area (Å²) < 4.78 is 14.2. The molecule has 4 rings (SSSR count). The van der Waals surface area contributed by atoms with Crippen LogP contribution in [0.4, 0.5) is 9.52 Å². The maximum absolute atomic E-state index is 13.3. The summed E-state index contributed by atoms with van der Waals surface area (Å²) in [5.74, 6) is -0.0134. The highest BCUT2D eigenvalue weighted by Gasteiger charge is 2.31. The number of rotatable bonds is 3. The first kappa shape index (κ1) is 13.9. The van der Waals surface area contributed by atoms with Crippen molar-refractivity contribution in [2.45, 2.75) is 31.7 Å². The van der Waals surface area contributed by atoms with Crippen LogP contribution in [0.5, 0.6) is 0 Å². The van der Waals surface area contributed by atoms with Crippen molar-refractivity contribution in [1.29, 1.82) is 0 Å². The topological polar surface area (TPSA) is 45.2 Å². The van der Waals surface area contributed by atoms with E-state index in [1.807, 2.05) is 0 Å². The van der Waals surface area contributed by atoms with Gasteiger partial charge in [-0.3, -0.25) is 4.79 Å². The van der Waals surface area contributed by atoms with E-state index in [-0.39, 0.29) is 17.6 Å². The number of anilines is 1. The lowest BCUT2D eigenvalue weighted by molar-refractivity contribution is -0.125. The van der Waals surface area contributed by atoms with E-state index < -0.39 is 0 Å². The molecule has 1 saturated heterocycles. The van der Waals surface area contributed by atoms with E-state index in [1.54, 1.807) is 6.07 Å². The van der Waals surface area contributed by atoms with Gasteiger partial charge < -0.3 is 10.2 Å². The zero-order chi connectivity index (χ0) is 15.1. The monoisotopic (exact) mass is 319 g/mol. The maximum Gasteiger partial charge on any atom is 0.225 e. The fraction of sp³-hybridized carbons (Fsp3) is 0.500. The summed E-state index contributed by atoms with van der Waals surface area (Å²) in [6, 6.07) is 5.09. The smallest absolute Gasteiger partial charge is 0.225 e. The van der Waals surface area contributed by atoms with Crippen molar-refractivity contribution < 1.29 is 9.18 Å². The Morgan fingerprint density at radius 3 is 3.05 bits per heavy atom. The SMILES string of the molecule is O=C(NC1CC1)C1CCCN(c2nc3ccc(F)cc3s2)C1. The number of nitrogens with one attached hydrogen (secondary N) is 1. The molecule has 2 heterocycles. The van der Waals surface area contributed by atoms with Gasteiger partial charge in [-0.2, -0.15) is 0 Å². The number of aromatic nitrogens is 1. The van der Waals surface area contributed by atoms with Crippen LogP contribution in [0.1, 0.15) is 25.7 Å². The van der Waals surface area contributed by atoms with E-state index in [9.17, 15) is 9.18 Å². The largest absolute Gasteiger partial charge is 0.353 e. The van der Waals surface area contributed by atoms with Crippen molar-refractivity contribution in [2.24, 2.45) is 5.92 Å². The predicted molar refractivity (Wildman–Crippen MR) is 85.7 cm³/mol. The minimum absolute atomic E-state index is 0.0399. The molecule has 1 aliphatic heterocycles.